The third-order valence-corrected chi connectivity index (χ3v) is 3.73. The van der Waals surface area contributed by atoms with Crippen molar-refractivity contribution in [2.24, 2.45) is 0 Å². The summed E-state index contributed by atoms with van der Waals surface area (Å²) in [5.41, 5.74) is 0.560. The fourth-order valence-corrected chi connectivity index (χ4v) is 2.65. The Bertz CT molecular complexity index is 556. The molecule has 0 bridgehead atoms. The van der Waals surface area contributed by atoms with Gasteiger partial charge in [0, 0.05) is 18.1 Å². The zero-order valence-electron chi connectivity index (χ0n) is 13.0. The highest BCUT2D eigenvalue weighted by Crippen LogP contribution is 2.34. The van der Waals surface area contributed by atoms with Crippen molar-refractivity contribution in [3.8, 4) is 5.75 Å². The molecular formula is C16H21ClN2O3. The van der Waals surface area contributed by atoms with Crippen molar-refractivity contribution < 1.29 is 14.3 Å². The summed E-state index contributed by atoms with van der Waals surface area (Å²) < 4.78 is 5.38. The highest BCUT2D eigenvalue weighted by Gasteiger charge is 2.28. The second-order valence-corrected chi connectivity index (χ2v) is 5.70. The monoisotopic (exact) mass is 324 g/mol. The highest BCUT2D eigenvalue weighted by atomic mass is 35.5. The molecule has 0 saturated heterocycles. The summed E-state index contributed by atoms with van der Waals surface area (Å²) in [4.78, 5) is 27.9. The normalized spacial score (nSPS) is 13.6. The Hall–Kier alpha value is -1.75. The Kier molecular flexibility index (Phi) is 5.66. The number of rotatable bonds is 6. The summed E-state index contributed by atoms with van der Waals surface area (Å²) in [7, 11) is 0. The highest BCUT2D eigenvalue weighted by molar-refractivity contribution is 6.31. The van der Waals surface area contributed by atoms with Crippen LogP contribution in [0.5, 0.6) is 5.75 Å². The number of hydrogen-bond acceptors (Lipinski definition) is 3. The van der Waals surface area contributed by atoms with E-state index in [0.717, 1.165) is 12.8 Å². The van der Waals surface area contributed by atoms with Gasteiger partial charge in [-0.2, -0.15) is 0 Å². The third kappa shape index (κ3) is 3.71. The lowest BCUT2D eigenvalue weighted by Gasteiger charge is -2.31. The Balaban J connectivity index is 2.19. The van der Waals surface area contributed by atoms with Gasteiger partial charge in [0.05, 0.1) is 5.69 Å². The molecule has 1 aromatic rings. The lowest BCUT2D eigenvalue weighted by Crippen LogP contribution is -2.46. The van der Waals surface area contributed by atoms with Gasteiger partial charge < -0.3 is 9.64 Å². The number of hydrogen-bond donors (Lipinski definition) is 0. The second-order valence-electron chi connectivity index (χ2n) is 5.26. The van der Waals surface area contributed by atoms with Gasteiger partial charge in [0.25, 0.3) is 5.91 Å². The van der Waals surface area contributed by atoms with E-state index in [4.69, 9.17) is 16.3 Å². The molecule has 0 fully saturated rings. The van der Waals surface area contributed by atoms with Crippen LogP contribution in [0.3, 0.4) is 0 Å². The van der Waals surface area contributed by atoms with E-state index in [2.05, 4.69) is 0 Å². The lowest BCUT2D eigenvalue weighted by atomic mass is 10.2. The third-order valence-electron chi connectivity index (χ3n) is 3.50. The number of nitrogens with zero attached hydrogens (tertiary/aromatic N) is 2. The van der Waals surface area contributed by atoms with Crippen LogP contribution in [-0.2, 0) is 9.59 Å². The molecule has 0 saturated carbocycles. The van der Waals surface area contributed by atoms with Crippen LogP contribution >= 0.6 is 11.6 Å². The second kappa shape index (κ2) is 7.49. The van der Waals surface area contributed by atoms with Crippen LogP contribution in [0.25, 0.3) is 0 Å². The maximum atomic E-state index is 12.5. The van der Waals surface area contributed by atoms with Crippen molar-refractivity contribution in [3.05, 3.63) is 23.2 Å². The van der Waals surface area contributed by atoms with Crippen LogP contribution in [0, 0.1) is 0 Å². The van der Waals surface area contributed by atoms with E-state index in [0.29, 0.717) is 29.5 Å². The standard InChI is InChI=1S/C16H21ClN2O3/c1-3-7-18(8-4-2)15(20)10-19-13-9-12(17)5-6-14(13)22-11-16(19)21/h5-6,9H,3-4,7-8,10-11H2,1-2H3. The molecule has 0 unspecified atom stereocenters. The average molecular weight is 325 g/mol. The van der Waals surface area contributed by atoms with E-state index < -0.39 is 0 Å². The van der Waals surface area contributed by atoms with E-state index in [-0.39, 0.29) is 25.0 Å². The number of amides is 2. The Morgan fingerprint density at radius 3 is 2.64 bits per heavy atom. The van der Waals surface area contributed by atoms with E-state index in [1.165, 1.54) is 4.90 Å². The lowest BCUT2D eigenvalue weighted by molar-refractivity contribution is -0.132. The smallest absolute Gasteiger partial charge is 0.265 e. The minimum absolute atomic E-state index is 0.0233. The summed E-state index contributed by atoms with van der Waals surface area (Å²) in [5, 5.41) is 0.508. The van der Waals surface area contributed by atoms with Crippen LogP contribution in [0.1, 0.15) is 26.7 Å². The first kappa shape index (κ1) is 16.6. The van der Waals surface area contributed by atoms with Gasteiger partial charge in [-0.15, -0.1) is 0 Å². The molecule has 1 aliphatic heterocycles. The molecule has 2 amide bonds. The molecule has 0 atom stereocenters. The minimum Gasteiger partial charge on any atom is -0.482 e. The summed E-state index contributed by atoms with van der Waals surface area (Å²) in [6.07, 6.45) is 1.79. The van der Waals surface area contributed by atoms with Crippen LogP contribution in [-0.4, -0.2) is 43.0 Å². The van der Waals surface area contributed by atoms with Gasteiger partial charge in [0.2, 0.25) is 5.91 Å². The summed E-state index contributed by atoms with van der Waals surface area (Å²) >= 11 is 6.00. The van der Waals surface area contributed by atoms with Crippen molar-refractivity contribution in [2.75, 3.05) is 31.1 Å². The van der Waals surface area contributed by atoms with E-state index in [1.807, 2.05) is 13.8 Å². The fourth-order valence-electron chi connectivity index (χ4n) is 2.48. The van der Waals surface area contributed by atoms with Crippen LogP contribution in [0.15, 0.2) is 18.2 Å². The largest absolute Gasteiger partial charge is 0.482 e. The number of carbonyl (C=O) groups excluding carboxylic acids is 2. The van der Waals surface area contributed by atoms with Crippen LogP contribution in [0.2, 0.25) is 5.02 Å². The predicted octanol–water partition coefficient (Wildman–Crippen LogP) is 2.71. The fraction of sp³-hybridized carbons (Fsp3) is 0.500. The summed E-state index contributed by atoms with van der Waals surface area (Å²) in [6, 6.07) is 5.08. The Labute approximate surface area is 135 Å². The maximum absolute atomic E-state index is 12.5. The first-order valence-electron chi connectivity index (χ1n) is 7.57. The van der Waals surface area contributed by atoms with E-state index in [1.54, 1.807) is 23.1 Å². The van der Waals surface area contributed by atoms with Crippen LogP contribution < -0.4 is 9.64 Å². The molecule has 5 nitrogen and oxygen atoms in total. The van der Waals surface area contributed by atoms with Crippen molar-refractivity contribution in [3.63, 3.8) is 0 Å². The number of halogens is 1. The van der Waals surface area contributed by atoms with Crippen LogP contribution in [0.4, 0.5) is 5.69 Å². The van der Waals surface area contributed by atoms with Gasteiger partial charge in [-0.05, 0) is 31.0 Å². The van der Waals surface area contributed by atoms with Gasteiger partial charge in [0.1, 0.15) is 12.3 Å². The molecule has 0 aromatic heterocycles. The summed E-state index contributed by atoms with van der Waals surface area (Å²) in [6.45, 7) is 5.44. The molecule has 1 aliphatic rings. The molecule has 1 heterocycles. The zero-order chi connectivity index (χ0) is 16.1. The van der Waals surface area contributed by atoms with Gasteiger partial charge in [-0.1, -0.05) is 25.4 Å². The number of anilines is 1. The molecule has 0 N–H and O–H groups in total. The van der Waals surface area contributed by atoms with Gasteiger partial charge in [-0.3, -0.25) is 14.5 Å². The summed E-state index contributed by atoms with van der Waals surface area (Å²) in [5.74, 6) is 0.301. The van der Waals surface area contributed by atoms with Crippen molar-refractivity contribution in [2.45, 2.75) is 26.7 Å². The zero-order valence-corrected chi connectivity index (χ0v) is 13.7. The Morgan fingerprint density at radius 1 is 1.32 bits per heavy atom. The molecule has 120 valence electrons. The number of carbonyl (C=O) groups is 2. The van der Waals surface area contributed by atoms with Gasteiger partial charge in [-0.25, -0.2) is 0 Å². The average Bonchev–Trinajstić information content (AvgIpc) is 2.50. The molecule has 6 heteroatoms. The maximum Gasteiger partial charge on any atom is 0.265 e. The molecule has 22 heavy (non-hydrogen) atoms. The van der Waals surface area contributed by atoms with Gasteiger partial charge in [0.15, 0.2) is 6.61 Å². The molecule has 0 aliphatic carbocycles. The molecule has 1 aromatic carbocycles. The number of ether oxygens (including phenoxy) is 1. The van der Waals surface area contributed by atoms with E-state index >= 15 is 0 Å². The first-order chi connectivity index (χ1) is 10.6. The van der Waals surface area contributed by atoms with Crippen molar-refractivity contribution in [1.29, 1.82) is 0 Å². The minimum atomic E-state index is -0.226. The predicted molar refractivity (Wildman–Crippen MR) is 86.5 cm³/mol. The van der Waals surface area contributed by atoms with Gasteiger partial charge >= 0.3 is 0 Å². The number of benzene rings is 1. The molecule has 0 radical (unpaired) electrons. The number of fused-ring (bicyclic) bond motifs is 1. The first-order valence-corrected chi connectivity index (χ1v) is 7.95. The van der Waals surface area contributed by atoms with E-state index in [9.17, 15) is 9.59 Å². The molecule has 2 rings (SSSR count). The Morgan fingerprint density at radius 2 is 2.00 bits per heavy atom. The topological polar surface area (TPSA) is 49.9 Å². The molecule has 0 spiro atoms. The van der Waals surface area contributed by atoms with Crippen molar-refractivity contribution in [1.82, 2.24) is 4.90 Å². The molecular weight excluding hydrogens is 304 g/mol. The SMILES string of the molecule is CCCN(CCC)C(=O)CN1C(=O)COc2ccc(Cl)cc21. The van der Waals surface area contributed by atoms with Crippen molar-refractivity contribution >= 4 is 29.1 Å². The quantitative estimate of drug-likeness (QED) is 0.808.